The molecule has 4 aromatic rings. The van der Waals surface area contributed by atoms with E-state index in [9.17, 15) is 18.0 Å². The minimum atomic E-state index is -4.18. The summed E-state index contributed by atoms with van der Waals surface area (Å²) < 4.78 is 29.0. The maximum absolute atomic E-state index is 14.4. The highest BCUT2D eigenvalue weighted by atomic mass is 35.5. The first-order valence-electron chi connectivity index (χ1n) is 14.0. The van der Waals surface area contributed by atoms with E-state index >= 15 is 0 Å². The van der Waals surface area contributed by atoms with Gasteiger partial charge in [0.25, 0.3) is 10.0 Å². The van der Waals surface area contributed by atoms with Gasteiger partial charge in [0, 0.05) is 23.5 Å². The maximum Gasteiger partial charge on any atom is 0.264 e. The molecule has 0 saturated carbocycles. The van der Waals surface area contributed by atoms with Crippen molar-refractivity contribution in [1.29, 1.82) is 0 Å². The van der Waals surface area contributed by atoms with Crippen LogP contribution in [0.1, 0.15) is 31.9 Å². The molecule has 43 heavy (non-hydrogen) atoms. The molecule has 0 radical (unpaired) electrons. The molecule has 0 heterocycles. The van der Waals surface area contributed by atoms with Crippen LogP contribution in [-0.4, -0.2) is 43.3 Å². The third-order valence-electron chi connectivity index (χ3n) is 6.67. The lowest BCUT2D eigenvalue weighted by Crippen LogP contribution is -2.56. The Hall–Kier alpha value is -4.14. The van der Waals surface area contributed by atoms with E-state index in [1.807, 2.05) is 81.4 Å². The molecule has 0 aliphatic heterocycles. The van der Waals surface area contributed by atoms with Crippen molar-refractivity contribution < 1.29 is 18.0 Å². The molecule has 0 aromatic heterocycles. The van der Waals surface area contributed by atoms with Crippen LogP contribution in [0.4, 0.5) is 5.69 Å². The average molecular weight is 618 g/mol. The predicted molar refractivity (Wildman–Crippen MR) is 171 cm³/mol. The number of carbonyl (C=O) groups is 2. The molecule has 4 rings (SSSR count). The van der Waals surface area contributed by atoms with Crippen LogP contribution >= 0.6 is 11.6 Å². The van der Waals surface area contributed by atoms with Crippen LogP contribution in [0.15, 0.2) is 120 Å². The number of nitrogens with zero attached hydrogens (tertiary/aromatic N) is 2. The number of nitrogens with one attached hydrogen (secondary N) is 1. The number of hydrogen-bond acceptors (Lipinski definition) is 4. The van der Waals surface area contributed by atoms with Gasteiger partial charge in [0.1, 0.15) is 12.6 Å². The molecule has 0 aliphatic rings. The number of rotatable bonds is 11. The third-order valence-corrected chi connectivity index (χ3v) is 8.69. The zero-order chi connectivity index (χ0) is 31.0. The summed E-state index contributed by atoms with van der Waals surface area (Å²) in [5.74, 6) is -0.866. The SMILES string of the molecule is CC(C)(C)NC(=O)[C@@H](Cc1ccccc1)N(Cc1ccccc1)C(=O)CN(c1cccc(Cl)c1)S(=O)(=O)c1ccccc1. The minimum absolute atomic E-state index is 0.0312. The lowest BCUT2D eigenvalue weighted by atomic mass is 10.0. The lowest BCUT2D eigenvalue weighted by Gasteiger charge is -2.35. The highest BCUT2D eigenvalue weighted by molar-refractivity contribution is 7.92. The predicted octanol–water partition coefficient (Wildman–Crippen LogP) is 6.09. The second-order valence-electron chi connectivity index (χ2n) is 11.3. The van der Waals surface area contributed by atoms with E-state index in [-0.39, 0.29) is 29.5 Å². The van der Waals surface area contributed by atoms with Gasteiger partial charge in [-0.25, -0.2) is 8.42 Å². The zero-order valence-corrected chi connectivity index (χ0v) is 26.1. The second-order valence-corrected chi connectivity index (χ2v) is 13.6. The average Bonchev–Trinajstić information content (AvgIpc) is 2.98. The van der Waals surface area contributed by atoms with Gasteiger partial charge in [0.05, 0.1) is 10.6 Å². The molecule has 0 fully saturated rings. The molecule has 0 aliphatic carbocycles. The monoisotopic (exact) mass is 617 g/mol. The molecule has 9 heteroatoms. The first-order valence-corrected chi connectivity index (χ1v) is 15.8. The number of hydrogen-bond donors (Lipinski definition) is 1. The molecule has 0 spiro atoms. The Bertz CT molecular complexity index is 1630. The summed E-state index contributed by atoms with van der Waals surface area (Å²) in [6, 6.07) is 32.2. The molecular formula is C34H36ClN3O4S. The molecule has 0 bridgehead atoms. The third kappa shape index (κ3) is 8.69. The topological polar surface area (TPSA) is 86.8 Å². The molecule has 1 N–H and O–H groups in total. The summed E-state index contributed by atoms with van der Waals surface area (Å²) >= 11 is 6.27. The summed E-state index contributed by atoms with van der Waals surface area (Å²) in [5.41, 5.74) is 1.35. The Kier molecular flexibility index (Phi) is 10.3. The van der Waals surface area contributed by atoms with Crippen molar-refractivity contribution in [3.8, 4) is 0 Å². The van der Waals surface area contributed by atoms with Gasteiger partial charge >= 0.3 is 0 Å². The Balaban J connectivity index is 1.80. The summed E-state index contributed by atoms with van der Waals surface area (Å²) in [6.07, 6.45) is 0.240. The van der Waals surface area contributed by atoms with Gasteiger partial charge < -0.3 is 10.2 Å². The molecule has 224 valence electrons. The first-order chi connectivity index (χ1) is 20.4. The number of sulfonamides is 1. The maximum atomic E-state index is 14.4. The summed E-state index contributed by atoms with van der Waals surface area (Å²) in [6.45, 7) is 5.19. The Morgan fingerprint density at radius 1 is 0.791 bits per heavy atom. The van der Waals surface area contributed by atoms with E-state index in [0.29, 0.717) is 5.02 Å². The number of carbonyl (C=O) groups excluding carboxylic acids is 2. The molecule has 0 saturated heterocycles. The normalized spacial score (nSPS) is 12.3. The fourth-order valence-corrected chi connectivity index (χ4v) is 6.28. The number of amides is 2. The van der Waals surface area contributed by atoms with Crippen LogP contribution in [-0.2, 0) is 32.6 Å². The smallest absolute Gasteiger partial charge is 0.264 e. The summed E-state index contributed by atoms with van der Waals surface area (Å²) in [5, 5.41) is 3.35. The molecule has 4 aromatic carbocycles. The van der Waals surface area contributed by atoms with Crippen LogP contribution in [0.25, 0.3) is 0 Å². The van der Waals surface area contributed by atoms with Crippen LogP contribution in [0, 0.1) is 0 Å². The Morgan fingerprint density at radius 2 is 1.35 bits per heavy atom. The highest BCUT2D eigenvalue weighted by Crippen LogP contribution is 2.27. The highest BCUT2D eigenvalue weighted by Gasteiger charge is 2.35. The van der Waals surface area contributed by atoms with Crippen molar-refractivity contribution in [3.63, 3.8) is 0 Å². The Morgan fingerprint density at radius 3 is 1.91 bits per heavy atom. The molecule has 1 atom stereocenters. The number of halogens is 1. The standard InChI is InChI=1S/C34H36ClN3O4S/c1-34(2,3)36-33(40)31(22-26-14-7-4-8-15-26)37(24-27-16-9-5-10-17-27)32(39)25-38(29-19-13-18-28(35)23-29)43(41,42)30-20-11-6-12-21-30/h4-21,23,31H,22,24-25H2,1-3H3,(H,36,40)/t31-/m1/s1. The van der Waals surface area contributed by atoms with Gasteiger partial charge in [0.15, 0.2) is 0 Å². The second kappa shape index (κ2) is 13.9. The van der Waals surface area contributed by atoms with Gasteiger partial charge in [-0.1, -0.05) is 96.5 Å². The molecule has 7 nitrogen and oxygen atoms in total. The van der Waals surface area contributed by atoms with Crippen LogP contribution in [0.2, 0.25) is 5.02 Å². The first kappa shape index (κ1) is 31.8. The van der Waals surface area contributed by atoms with Crippen LogP contribution < -0.4 is 9.62 Å². The van der Waals surface area contributed by atoms with Gasteiger partial charge in [-0.15, -0.1) is 0 Å². The van der Waals surface area contributed by atoms with Gasteiger partial charge in [-0.2, -0.15) is 0 Å². The Labute approximate surface area is 259 Å². The minimum Gasteiger partial charge on any atom is -0.350 e. The fraction of sp³-hybridized carbons (Fsp3) is 0.235. The van der Waals surface area contributed by atoms with E-state index in [4.69, 9.17) is 11.6 Å². The van der Waals surface area contributed by atoms with Crippen molar-refractivity contribution in [2.45, 2.75) is 50.2 Å². The molecular weight excluding hydrogens is 582 g/mol. The van der Waals surface area contributed by atoms with E-state index in [1.165, 1.54) is 23.1 Å². The summed E-state index contributed by atoms with van der Waals surface area (Å²) in [4.78, 5) is 29.8. The van der Waals surface area contributed by atoms with Gasteiger partial charge in [-0.3, -0.25) is 13.9 Å². The van der Waals surface area contributed by atoms with Gasteiger partial charge in [0.2, 0.25) is 11.8 Å². The number of anilines is 1. The molecule has 0 unspecified atom stereocenters. The molecule has 2 amide bonds. The van der Waals surface area contributed by atoms with Crippen LogP contribution in [0.5, 0.6) is 0 Å². The largest absolute Gasteiger partial charge is 0.350 e. The van der Waals surface area contributed by atoms with E-state index < -0.39 is 34.1 Å². The van der Waals surface area contributed by atoms with Crippen molar-refractivity contribution in [2.24, 2.45) is 0 Å². The number of benzene rings is 4. The lowest BCUT2D eigenvalue weighted by molar-refractivity contribution is -0.140. The van der Waals surface area contributed by atoms with E-state index in [0.717, 1.165) is 15.4 Å². The van der Waals surface area contributed by atoms with Crippen molar-refractivity contribution in [1.82, 2.24) is 10.2 Å². The van der Waals surface area contributed by atoms with Crippen LogP contribution in [0.3, 0.4) is 0 Å². The summed E-state index contributed by atoms with van der Waals surface area (Å²) in [7, 11) is -4.18. The zero-order valence-electron chi connectivity index (χ0n) is 24.5. The van der Waals surface area contributed by atoms with Crippen molar-refractivity contribution >= 4 is 39.1 Å². The fourth-order valence-electron chi connectivity index (χ4n) is 4.67. The quantitative estimate of drug-likeness (QED) is 0.221. The van der Waals surface area contributed by atoms with Crippen molar-refractivity contribution in [2.75, 3.05) is 10.8 Å². The van der Waals surface area contributed by atoms with E-state index in [2.05, 4.69) is 5.32 Å². The van der Waals surface area contributed by atoms with E-state index in [1.54, 1.807) is 36.4 Å². The van der Waals surface area contributed by atoms with Gasteiger partial charge in [-0.05, 0) is 62.2 Å². The van der Waals surface area contributed by atoms with Crippen molar-refractivity contribution in [3.05, 3.63) is 131 Å².